The highest BCUT2D eigenvalue weighted by molar-refractivity contribution is 14.1. The lowest BCUT2D eigenvalue weighted by molar-refractivity contribution is -0.184. The summed E-state index contributed by atoms with van der Waals surface area (Å²) in [6.07, 6.45) is 0. The Kier molecular flexibility index (Phi) is 5.38. The van der Waals surface area contributed by atoms with Crippen molar-refractivity contribution in [1.29, 1.82) is 5.26 Å². The van der Waals surface area contributed by atoms with Crippen LogP contribution in [0.25, 0.3) is 0 Å². The molecule has 0 aliphatic carbocycles. The van der Waals surface area contributed by atoms with Crippen LogP contribution >= 0.6 is 22.6 Å². The highest BCUT2D eigenvalue weighted by Gasteiger charge is 2.42. The number of methoxy groups -OCH3 is 2. The maximum atomic E-state index is 12.0. The third kappa shape index (κ3) is 2.82. The second-order valence-corrected chi connectivity index (χ2v) is 5.80. The number of nitriles is 1. The summed E-state index contributed by atoms with van der Waals surface area (Å²) in [6, 6.07) is 10.9. The highest BCUT2D eigenvalue weighted by Crippen LogP contribution is 2.40. The monoisotopic (exact) mass is 438 g/mol. The smallest absolute Gasteiger partial charge is 0.252 e. The zero-order valence-electron chi connectivity index (χ0n) is 13.0. The Morgan fingerprint density at radius 2 is 1.88 bits per heavy atom. The van der Waals surface area contributed by atoms with Crippen LogP contribution in [0.5, 0.6) is 0 Å². The van der Waals surface area contributed by atoms with Crippen LogP contribution in [0.15, 0.2) is 30.3 Å². The number of rotatable bonds is 5. The molecule has 4 N–H and O–H groups in total. The maximum Gasteiger partial charge on any atom is 0.252 e. The van der Waals surface area contributed by atoms with E-state index in [2.05, 4.69) is 4.98 Å². The van der Waals surface area contributed by atoms with Crippen molar-refractivity contribution in [3.05, 3.63) is 56.3 Å². The number of aromatic nitrogens is 1. The summed E-state index contributed by atoms with van der Waals surface area (Å²) in [6.45, 7) is 0. The van der Waals surface area contributed by atoms with Gasteiger partial charge in [0, 0.05) is 19.8 Å². The van der Waals surface area contributed by atoms with Crippen LogP contribution in [0, 0.1) is 15.0 Å². The Labute approximate surface area is 152 Å². The van der Waals surface area contributed by atoms with Crippen molar-refractivity contribution in [2.75, 3.05) is 20.0 Å². The Morgan fingerprint density at radius 3 is 2.33 bits per heavy atom. The van der Waals surface area contributed by atoms with Crippen molar-refractivity contribution >= 4 is 34.3 Å². The van der Waals surface area contributed by atoms with Gasteiger partial charge in [-0.25, -0.2) is 4.98 Å². The van der Waals surface area contributed by atoms with Gasteiger partial charge in [-0.1, -0.05) is 30.3 Å². The molecule has 2 rings (SSSR count). The Balaban J connectivity index is 3.00. The van der Waals surface area contributed by atoms with Crippen LogP contribution in [0.1, 0.15) is 27.0 Å². The largest absolute Gasteiger partial charge is 0.383 e. The number of anilines is 1. The van der Waals surface area contributed by atoms with E-state index in [1.807, 2.05) is 34.7 Å². The maximum absolute atomic E-state index is 12.0. The van der Waals surface area contributed by atoms with Gasteiger partial charge in [0.1, 0.15) is 15.6 Å². The van der Waals surface area contributed by atoms with E-state index in [-0.39, 0.29) is 22.5 Å². The molecule has 1 amide bonds. The SMILES string of the molecule is COC(OC)(c1ccccc1)c1c(C#N)c(I)nc(N)c1C(N)=O. The number of nitrogens with zero attached hydrogens (tertiary/aromatic N) is 2. The van der Waals surface area contributed by atoms with Gasteiger partial charge in [-0.3, -0.25) is 4.79 Å². The second-order valence-electron chi connectivity index (χ2n) is 4.78. The fourth-order valence-electron chi connectivity index (χ4n) is 2.58. The van der Waals surface area contributed by atoms with Gasteiger partial charge in [-0.2, -0.15) is 5.26 Å². The number of nitrogen functional groups attached to an aromatic ring is 1. The van der Waals surface area contributed by atoms with Gasteiger partial charge in [0.2, 0.25) is 5.79 Å². The summed E-state index contributed by atoms with van der Waals surface area (Å²) in [4.78, 5) is 16.0. The summed E-state index contributed by atoms with van der Waals surface area (Å²) >= 11 is 1.87. The molecule has 0 bridgehead atoms. The molecule has 0 aliphatic rings. The van der Waals surface area contributed by atoms with Crippen molar-refractivity contribution in [3.63, 3.8) is 0 Å². The lowest BCUT2D eigenvalue weighted by Crippen LogP contribution is -2.37. The predicted octanol–water partition coefficient (Wildman–Crippen LogP) is 1.73. The van der Waals surface area contributed by atoms with E-state index in [0.717, 1.165) is 0 Å². The first-order chi connectivity index (χ1) is 11.4. The number of nitrogens with two attached hydrogens (primary N) is 2. The molecule has 2 aromatic rings. The van der Waals surface area contributed by atoms with Gasteiger partial charge in [0.15, 0.2) is 0 Å². The van der Waals surface area contributed by atoms with Crippen LogP contribution in [0.3, 0.4) is 0 Å². The summed E-state index contributed by atoms with van der Waals surface area (Å²) in [5.74, 6) is -2.44. The fourth-order valence-corrected chi connectivity index (χ4v) is 3.23. The average Bonchev–Trinajstić information content (AvgIpc) is 2.57. The molecule has 24 heavy (non-hydrogen) atoms. The summed E-state index contributed by atoms with van der Waals surface area (Å²) in [7, 11) is 2.82. The van der Waals surface area contributed by atoms with Crippen LogP contribution in [0.2, 0.25) is 0 Å². The number of amides is 1. The third-order valence-corrected chi connectivity index (χ3v) is 4.38. The predicted molar refractivity (Wildman–Crippen MR) is 95.8 cm³/mol. The van der Waals surface area contributed by atoms with Crippen LogP contribution in [-0.2, 0) is 15.3 Å². The zero-order chi connectivity index (χ0) is 17.9. The lowest BCUT2D eigenvalue weighted by Gasteiger charge is -2.34. The number of carbonyl (C=O) groups excluding carboxylic acids is 1. The number of ether oxygens (including phenoxy) is 2. The zero-order valence-corrected chi connectivity index (χ0v) is 15.2. The molecule has 0 fully saturated rings. The molecular formula is C16H15IN4O3. The minimum atomic E-state index is -1.53. The Morgan fingerprint density at radius 1 is 1.29 bits per heavy atom. The topological polar surface area (TPSA) is 124 Å². The van der Waals surface area contributed by atoms with Gasteiger partial charge < -0.3 is 20.9 Å². The number of primary amides is 1. The van der Waals surface area contributed by atoms with Gasteiger partial charge in [0.05, 0.1) is 16.7 Å². The van der Waals surface area contributed by atoms with Crippen LogP contribution in [-0.4, -0.2) is 25.1 Å². The van der Waals surface area contributed by atoms with Gasteiger partial charge in [0.25, 0.3) is 5.91 Å². The molecular weight excluding hydrogens is 423 g/mol. The van der Waals surface area contributed by atoms with Crippen LogP contribution in [0.4, 0.5) is 5.82 Å². The van der Waals surface area contributed by atoms with Gasteiger partial charge in [-0.05, 0) is 22.6 Å². The minimum absolute atomic E-state index is 0.0877. The standard InChI is InChI=1S/C16H15IN4O3/c1-23-16(24-2,9-6-4-3-5-7-9)12-10(8-18)13(17)21-14(19)11(12)15(20)22/h3-7H,1-2H3,(H2,19,21)(H2,20,22). The number of halogens is 1. The first kappa shape index (κ1) is 18.1. The minimum Gasteiger partial charge on any atom is -0.383 e. The molecule has 0 spiro atoms. The molecule has 0 saturated carbocycles. The molecule has 7 nitrogen and oxygen atoms in total. The molecule has 8 heteroatoms. The van der Waals surface area contributed by atoms with E-state index >= 15 is 0 Å². The van der Waals surface area contributed by atoms with E-state index in [1.54, 1.807) is 24.3 Å². The quantitative estimate of drug-likeness (QED) is 0.416. The number of benzene rings is 1. The molecule has 0 saturated heterocycles. The van der Waals surface area contributed by atoms with Crippen LogP contribution < -0.4 is 11.5 Å². The Bertz CT molecular complexity index is 814. The van der Waals surface area contributed by atoms with Crippen molar-refractivity contribution in [2.24, 2.45) is 5.73 Å². The number of carbonyl (C=O) groups is 1. The van der Waals surface area contributed by atoms with E-state index < -0.39 is 11.7 Å². The number of hydrogen-bond acceptors (Lipinski definition) is 6. The number of pyridine rings is 1. The third-order valence-electron chi connectivity index (χ3n) is 3.60. The van der Waals surface area contributed by atoms with E-state index in [4.69, 9.17) is 20.9 Å². The molecule has 0 radical (unpaired) electrons. The molecule has 0 atom stereocenters. The molecule has 1 aromatic carbocycles. The average molecular weight is 438 g/mol. The molecule has 1 aromatic heterocycles. The molecule has 1 heterocycles. The fraction of sp³-hybridized carbons (Fsp3) is 0.188. The highest BCUT2D eigenvalue weighted by atomic mass is 127. The normalized spacial score (nSPS) is 11.1. The van der Waals surface area contributed by atoms with E-state index in [1.165, 1.54) is 14.2 Å². The van der Waals surface area contributed by atoms with Crippen molar-refractivity contribution in [2.45, 2.75) is 5.79 Å². The molecule has 124 valence electrons. The van der Waals surface area contributed by atoms with E-state index in [9.17, 15) is 10.1 Å². The Hall–Kier alpha value is -2.22. The van der Waals surface area contributed by atoms with Crippen molar-refractivity contribution in [3.8, 4) is 6.07 Å². The first-order valence-electron chi connectivity index (χ1n) is 6.78. The first-order valence-corrected chi connectivity index (χ1v) is 7.86. The molecule has 0 unspecified atom stereocenters. The van der Waals surface area contributed by atoms with Crippen molar-refractivity contribution < 1.29 is 14.3 Å². The summed E-state index contributed by atoms with van der Waals surface area (Å²) in [5, 5.41) is 9.60. The van der Waals surface area contributed by atoms with Gasteiger partial charge >= 0.3 is 0 Å². The summed E-state index contributed by atoms with van der Waals surface area (Å²) < 4.78 is 11.6. The van der Waals surface area contributed by atoms with Crippen molar-refractivity contribution in [1.82, 2.24) is 4.98 Å². The van der Waals surface area contributed by atoms with Gasteiger partial charge in [-0.15, -0.1) is 0 Å². The van der Waals surface area contributed by atoms with E-state index in [0.29, 0.717) is 9.26 Å². The summed E-state index contributed by atoms with van der Waals surface area (Å²) in [5.41, 5.74) is 12.1. The second kappa shape index (κ2) is 7.12. The number of hydrogen-bond donors (Lipinski definition) is 2. The lowest BCUT2D eigenvalue weighted by atomic mass is 9.89. The molecule has 0 aliphatic heterocycles.